The molecule has 0 radical (unpaired) electrons. The highest BCUT2D eigenvalue weighted by Crippen LogP contribution is 2.67. The molecule has 0 saturated carbocycles. The number of nitrogens with one attached hydrogen (secondary N) is 1. The summed E-state index contributed by atoms with van der Waals surface area (Å²) < 4.78 is 107. The molecule has 19 heteroatoms. The van der Waals surface area contributed by atoms with Crippen molar-refractivity contribution in [2.24, 2.45) is 0 Å². The molecule has 3 rings (SSSR count). The van der Waals surface area contributed by atoms with Crippen molar-refractivity contribution in [2.75, 3.05) is 18.9 Å². The Morgan fingerprint density at radius 3 is 2.13 bits per heavy atom. The maximum Gasteiger partial charge on any atom is 0.398 e. The standard InChI is InChI=1S/C19H20F6N4O6P2S/c1-11-2-4-12(5-3-11)38-15-13-14(27-16(30)28-15)29(10-26-13)6-7-35-17(36(31,32)8-18(20,21)22)37(33,34)9-19(23,24)25/h2-5,10,17H,6-9H2,1H3,(H,31,32)(H,33,34)(H,27,28,30). The lowest BCUT2D eigenvalue weighted by Crippen LogP contribution is -2.27. The molecule has 0 amide bonds. The van der Waals surface area contributed by atoms with Crippen LogP contribution in [0.2, 0.25) is 0 Å². The highest BCUT2D eigenvalue weighted by atomic mass is 32.2. The molecule has 0 spiro atoms. The Kier molecular flexibility index (Phi) is 8.91. The van der Waals surface area contributed by atoms with Crippen LogP contribution in [-0.4, -0.2) is 66.2 Å². The first kappa shape index (κ1) is 30.4. The quantitative estimate of drug-likeness (QED) is 0.171. The van der Waals surface area contributed by atoms with Crippen LogP contribution in [0.25, 0.3) is 11.2 Å². The summed E-state index contributed by atoms with van der Waals surface area (Å²) in [4.78, 5) is 42.9. The van der Waals surface area contributed by atoms with E-state index in [2.05, 4.69) is 15.0 Å². The molecule has 3 aromatic rings. The van der Waals surface area contributed by atoms with Crippen LogP contribution < -0.4 is 5.69 Å². The maximum absolute atomic E-state index is 12.8. The molecule has 38 heavy (non-hydrogen) atoms. The molecule has 2 atom stereocenters. The molecule has 2 aromatic heterocycles. The number of imidazole rings is 1. The predicted molar refractivity (Wildman–Crippen MR) is 125 cm³/mol. The van der Waals surface area contributed by atoms with Crippen LogP contribution >= 0.6 is 26.5 Å². The van der Waals surface area contributed by atoms with E-state index in [9.17, 15) is 50.1 Å². The van der Waals surface area contributed by atoms with E-state index in [0.717, 1.165) is 28.5 Å². The Labute approximate surface area is 214 Å². The minimum Gasteiger partial charge on any atom is -0.357 e. The smallest absolute Gasteiger partial charge is 0.357 e. The predicted octanol–water partition coefficient (Wildman–Crippen LogP) is 4.54. The molecule has 10 nitrogen and oxygen atoms in total. The van der Waals surface area contributed by atoms with E-state index in [1.165, 1.54) is 4.57 Å². The Morgan fingerprint density at radius 2 is 1.61 bits per heavy atom. The SMILES string of the molecule is Cc1ccc(Sc2nc(=O)[nH]c3c2ncn3CCOC(P(=O)(O)CC(F)(F)F)P(=O)(O)CC(F)(F)F)cc1. The van der Waals surface area contributed by atoms with Gasteiger partial charge in [-0.15, -0.1) is 0 Å². The Morgan fingerprint density at radius 1 is 1.05 bits per heavy atom. The topological polar surface area (TPSA) is 147 Å². The van der Waals surface area contributed by atoms with Gasteiger partial charge in [0.25, 0.3) is 0 Å². The number of aromatic nitrogens is 4. The first-order valence-corrected chi connectivity index (χ1v) is 15.1. The van der Waals surface area contributed by atoms with Crippen molar-refractivity contribution < 1.29 is 50.0 Å². The van der Waals surface area contributed by atoms with E-state index in [1.54, 1.807) is 12.1 Å². The molecule has 2 unspecified atom stereocenters. The van der Waals surface area contributed by atoms with Gasteiger partial charge in [-0.2, -0.15) is 31.3 Å². The zero-order valence-electron chi connectivity index (χ0n) is 19.2. The van der Waals surface area contributed by atoms with Gasteiger partial charge in [-0.1, -0.05) is 29.5 Å². The van der Waals surface area contributed by atoms with Crippen molar-refractivity contribution in [3.8, 4) is 0 Å². The molecule has 3 N–H and O–H groups in total. The molecule has 0 aliphatic carbocycles. The van der Waals surface area contributed by atoms with Crippen LogP contribution in [-0.2, 0) is 20.4 Å². The third-order valence-corrected chi connectivity index (χ3v) is 11.3. The highest BCUT2D eigenvalue weighted by Gasteiger charge is 2.54. The summed E-state index contributed by atoms with van der Waals surface area (Å²) in [6.45, 7) is 0.579. The number of fused-ring (bicyclic) bond motifs is 1. The van der Waals surface area contributed by atoms with Crippen LogP contribution in [0.1, 0.15) is 5.56 Å². The summed E-state index contributed by atoms with van der Waals surface area (Å²) in [5.74, 6) is 0. The average Bonchev–Trinajstić information content (AvgIpc) is 3.11. The third kappa shape index (κ3) is 8.17. The average molecular weight is 608 g/mol. The number of aromatic amines is 1. The fourth-order valence-corrected chi connectivity index (χ4v) is 8.98. The lowest BCUT2D eigenvalue weighted by Gasteiger charge is -2.28. The van der Waals surface area contributed by atoms with E-state index in [-0.39, 0.29) is 16.2 Å². The number of hydrogen-bond donors (Lipinski definition) is 3. The number of H-pyrrole nitrogens is 1. The summed E-state index contributed by atoms with van der Waals surface area (Å²) in [6, 6.07) is 7.22. The molecule has 0 bridgehead atoms. The second-order valence-corrected chi connectivity index (χ2v) is 14.2. The van der Waals surface area contributed by atoms with Gasteiger partial charge in [-0.3, -0.25) is 14.1 Å². The number of alkyl halides is 6. The molecular formula is C19H20F6N4O6P2S. The van der Waals surface area contributed by atoms with E-state index < -0.39 is 63.8 Å². The Bertz CT molecular complexity index is 1410. The summed E-state index contributed by atoms with van der Waals surface area (Å²) in [5, 5.41) is 0.195. The monoisotopic (exact) mass is 608 g/mol. The Hall–Kier alpha value is -2.16. The van der Waals surface area contributed by atoms with E-state index in [1.807, 2.05) is 19.1 Å². The number of ether oxygens (including phenoxy) is 1. The van der Waals surface area contributed by atoms with Crippen molar-refractivity contribution in [2.45, 2.75) is 41.3 Å². The van der Waals surface area contributed by atoms with Gasteiger partial charge in [0.05, 0.1) is 12.9 Å². The number of nitrogens with zero attached hydrogens (tertiary/aromatic N) is 3. The van der Waals surface area contributed by atoms with Gasteiger partial charge in [0.2, 0.25) is 20.3 Å². The summed E-state index contributed by atoms with van der Waals surface area (Å²) in [7, 11) is -11.6. The van der Waals surface area contributed by atoms with Crippen molar-refractivity contribution in [3.63, 3.8) is 0 Å². The van der Waals surface area contributed by atoms with Crippen molar-refractivity contribution in [3.05, 3.63) is 46.6 Å². The number of hydrogen-bond acceptors (Lipinski definition) is 7. The number of rotatable bonds is 10. The molecule has 1 aromatic carbocycles. The van der Waals surface area contributed by atoms with Gasteiger partial charge < -0.3 is 19.1 Å². The summed E-state index contributed by atoms with van der Waals surface area (Å²) in [6.07, 6.45) is -14.6. The van der Waals surface area contributed by atoms with Gasteiger partial charge in [0.1, 0.15) is 28.5 Å². The first-order chi connectivity index (χ1) is 17.4. The van der Waals surface area contributed by atoms with E-state index in [0.29, 0.717) is 0 Å². The fourth-order valence-electron chi connectivity index (χ4n) is 3.34. The number of aryl methyl sites for hydroxylation is 1. The lowest BCUT2D eigenvalue weighted by molar-refractivity contribution is -0.108. The van der Waals surface area contributed by atoms with Crippen LogP contribution in [0.15, 0.2) is 45.3 Å². The van der Waals surface area contributed by atoms with Gasteiger partial charge >= 0.3 is 18.0 Å². The largest absolute Gasteiger partial charge is 0.398 e. The van der Waals surface area contributed by atoms with Crippen molar-refractivity contribution >= 4 is 37.7 Å². The molecule has 2 heterocycles. The van der Waals surface area contributed by atoms with Gasteiger partial charge in [0, 0.05) is 11.4 Å². The van der Waals surface area contributed by atoms with Crippen LogP contribution in [0, 0.1) is 6.92 Å². The number of halogens is 6. The van der Waals surface area contributed by atoms with Crippen molar-refractivity contribution in [1.82, 2.24) is 19.5 Å². The van der Waals surface area contributed by atoms with Crippen LogP contribution in [0.4, 0.5) is 26.3 Å². The molecule has 0 aliphatic heterocycles. The number of benzene rings is 1. The molecule has 0 fully saturated rings. The highest BCUT2D eigenvalue weighted by molar-refractivity contribution is 7.99. The Balaban J connectivity index is 1.85. The van der Waals surface area contributed by atoms with Gasteiger partial charge in [-0.05, 0) is 19.1 Å². The lowest BCUT2D eigenvalue weighted by atomic mass is 10.2. The molecule has 210 valence electrons. The van der Waals surface area contributed by atoms with Crippen LogP contribution in [0.5, 0.6) is 0 Å². The molecule has 0 aliphatic rings. The van der Waals surface area contributed by atoms with E-state index in [4.69, 9.17) is 4.74 Å². The zero-order chi connectivity index (χ0) is 28.5. The minimum atomic E-state index is -5.80. The van der Waals surface area contributed by atoms with E-state index >= 15 is 0 Å². The minimum absolute atomic E-state index is 0.0599. The van der Waals surface area contributed by atoms with Gasteiger partial charge in [-0.25, -0.2) is 9.78 Å². The maximum atomic E-state index is 12.8. The van der Waals surface area contributed by atoms with Crippen LogP contribution in [0.3, 0.4) is 0 Å². The first-order valence-electron chi connectivity index (χ1n) is 10.4. The summed E-state index contributed by atoms with van der Waals surface area (Å²) >= 11 is 1.11. The van der Waals surface area contributed by atoms with Gasteiger partial charge in [0.15, 0.2) is 0 Å². The zero-order valence-corrected chi connectivity index (χ0v) is 21.8. The molecular weight excluding hydrogens is 588 g/mol. The summed E-state index contributed by atoms with van der Waals surface area (Å²) in [5.41, 5.74) is -2.69. The molecule has 0 saturated heterocycles. The third-order valence-electron chi connectivity index (χ3n) is 4.81. The fraction of sp³-hybridized carbons (Fsp3) is 0.421. The normalized spacial score (nSPS) is 16.8. The van der Waals surface area contributed by atoms with Crippen molar-refractivity contribution in [1.29, 1.82) is 0 Å². The second-order valence-electron chi connectivity index (χ2n) is 8.15. The second kappa shape index (κ2) is 11.1.